The van der Waals surface area contributed by atoms with Crippen LogP contribution in [0.25, 0.3) is 0 Å². The van der Waals surface area contributed by atoms with Crippen LogP contribution in [0, 0.1) is 0 Å². The van der Waals surface area contributed by atoms with Crippen molar-refractivity contribution in [2.75, 3.05) is 0 Å². The minimum absolute atomic E-state index is 0.295. The Labute approximate surface area is 113 Å². The summed E-state index contributed by atoms with van der Waals surface area (Å²) in [6.07, 6.45) is -0.364. The van der Waals surface area contributed by atoms with Gasteiger partial charge in [0.05, 0.1) is 0 Å². The van der Waals surface area contributed by atoms with Crippen LogP contribution in [0.5, 0.6) is 5.75 Å². The predicted octanol–water partition coefficient (Wildman–Crippen LogP) is 1.61. The lowest BCUT2D eigenvalue weighted by atomic mass is 10.0. The van der Waals surface area contributed by atoms with Gasteiger partial charge in [0.2, 0.25) is 0 Å². The second kappa shape index (κ2) is 4.37. The first kappa shape index (κ1) is 11.7. The molecule has 94 valence electrons. The summed E-state index contributed by atoms with van der Waals surface area (Å²) in [5, 5.41) is 18.1. The van der Waals surface area contributed by atoms with Gasteiger partial charge in [-0.2, -0.15) is 0 Å². The smallest absolute Gasteiger partial charge is 0.154 e. The Hall–Kier alpha value is -1.40. The number of nitrogens with zero attached hydrogens (tertiary/aromatic N) is 3. The Morgan fingerprint density at radius 2 is 2.28 bits per heavy atom. The number of aryl methyl sites for hydroxylation is 1. The minimum atomic E-state index is -0.758. The third-order valence-corrected chi connectivity index (χ3v) is 3.70. The van der Waals surface area contributed by atoms with Crippen LogP contribution in [0.2, 0.25) is 0 Å². The van der Waals surface area contributed by atoms with E-state index in [9.17, 15) is 5.11 Å². The molecule has 3 rings (SSSR count). The molecule has 2 unspecified atom stereocenters. The van der Waals surface area contributed by atoms with E-state index in [0.29, 0.717) is 16.7 Å². The summed E-state index contributed by atoms with van der Waals surface area (Å²) in [6.45, 7) is 0. The molecule has 2 atom stereocenters. The highest BCUT2D eigenvalue weighted by Crippen LogP contribution is 2.35. The van der Waals surface area contributed by atoms with Crippen molar-refractivity contribution in [2.45, 2.75) is 18.6 Å². The summed E-state index contributed by atoms with van der Waals surface area (Å²) in [6, 6.07) is 7.82. The molecule has 0 saturated heterocycles. The molecule has 5 nitrogen and oxygen atoms in total. The van der Waals surface area contributed by atoms with Crippen LogP contribution in [0.4, 0.5) is 0 Å². The van der Waals surface area contributed by atoms with E-state index < -0.39 is 6.10 Å². The monoisotopic (exact) mass is 309 g/mol. The highest BCUT2D eigenvalue weighted by atomic mass is 79.9. The van der Waals surface area contributed by atoms with E-state index in [1.54, 1.807) is 11.7 Å². The van der Waals surface area contributed by atoms with Crippen LogP contribution < -0.4 is 4.74 Å². The first-order chi connectivity index (χ1) is 8.66. The predicted molar refractivity (Wildman–Crippen MR) is 68.2 cm³/mol. The third-order valence-electron chi connectivity index (χ3n) is 3.13. The molecule has 0 aliphatic carbocycles. The topological polar surface area (TPSA) is 60.2 Å². The Kier molecular flexibility index (Phi) is 2.83. The number of aliphatic hydroxyl groups is 1. The highest BCUT2D eigenvalue weighted by Gasteiger charge is 2.33. The quantitative estimate of drug-likeness (QED) is 0.915. The second-order valence-electron chi connectivity index (χ2n) is 4.30. The summed E-state index contributed by atoms with van der Waals surface area (Å²) in [5.74, 6) is 0.841. The molecule has 1 aliphatic heterocycles. The summed E-state index contributed by atoms with van der Waals surface area (Å²) in [7, 11) is 1.75. The molecule has 1 N–H and O–H groups in total. The number of aliphatic hydroxyl groups excluding tert-OH is 1. The molecule has 0 radical (unpaired) electrons. The molecule has 0 saturated carbocycles. The van der Waals surface area contributed by atoms with Crippen molar-refractivity contribution >= 4 is 15.9 Å². The van der Waals surface area contributed by atoms with Crippen LogP contribution in [0.3, 0.4) is 0 Å². The molecule has 0 amide bonds. The maximum absolute atomic E-state index is 10.4. The van der Waals surface area contributed by atoms with Crippen LogP contribution in [0.15, 0.2) is 28.9 Å². The van der Waals surface area contributed by atoms with Crippen molar-refractivity contribution < 1.29 is 9.84 Å². The number of fused-ring (bicyclic) bond motifs is 1. The SMILES string of the molecule is Cn1nnc(Br)c1C(O)C1Cc2ccccc2O1. The fourth-order valence-electron chi connectivity index (χ4n) is 2.21. The van der Waals surface area contributed by atoms with E-state index in [1.807, 2.05) is 24.3 Å². The number of benzene rings is 1. The molecule has 1 aromatic carbocycles. The molecule has 1 aliphatic rings. The average Bonchev–Trinajstić information content (AvgIpc) is 2.92. The molecule has 6 heteroatoms. The van der Waals surface area contributed by atoms with Crippen molar-refractivity contribution in [3.8, 4) is 5.75 Å². The lowest BCUT2D eigenvalue weighted by molar-refractivity contribution is 0.0431. The molecule has 0 fully saturated rings. The molecular weight excluding hydrogens is 298 g/mol. The van der Waals surface area contributed by atoms with Gasteiger partial charge in [0.25, 0.3) is 0 Å². The standard InChI is InChI=1S/C12H12BrN3O2/c1-16-10(12(13)14-15-16)11(17)9-6-7-4-2-3-5-8(7)18-9/h2-5,9,11,17H,6H2,1H3. The lowest BCUT2D eigenvalue weighted by Crippen LogP contribution is -2.25. The molecule has 2 heterocycles. The van der Waals surface area contributed by atoms with Crippen molar-refractivity contribution in [1.82, 2.24) is 15.0 Å². The van der Waals surface area contributed by atoms with E-state index in [1.165, 1.54) is 0 Å². The summed E-state index contributed by atoms with van der Waals surface area (Å²) in [5.41, 5.74) is 1.75. The van der Waals surface area contributed by atoms with Gasteiger partial charge in [0.15, 0.2) is 4.60 Å². The Morgan fingerprint density at radius 1 is 1.50 bits per heavy atom. The van der Waals surface area contributed by atoms with Crippen LogP contribution in [0.1, 0.15) is 17.4 Å². The zero-order chi connectivity index (χ0) is 12.7. The molecule has 2 aromatic rings. The Bertz CT molecular complexity index is 540. The Morgan fingerprint density at radius 3 is 2.94 bits per heavy atom. The van der Waals surface area contributed by atoms with E-state index in [2.05, 4.69) is 26.2 Å². The minimum Gasteiger partial charge on any atom is -0.487 e. The number of aromatic nitrogens is 3. The van der Waals surface area contributed by atoms with Gasteiger partial charge in [0, 0.05) is 13.5 Å². The summed E-state index contributed by atoms with van der Waals surface area (Å²) < 4.78 is 7.87. The van der Waals surface area contributed by atoms with E-state index in [4.69, 9.17) is 4.74 Å². The van der Waals surface area contributed by atoms with Crippen LogP contribution >= 0.6 is 15.9 Å². The normalized spacial score (nSPS) is 19.4. The largest absolute Gasteiger partial charge is 0.487 e. The van der Waals surface area contributed by atoms with Gasteiger partial charge in [0.1, 0.15) is 23.7 Å². The van der Waals surface area contributed by atoms with E-state index in [0.717, 1.165) is 11.3 Å². The van der Waals surface area contributed by atoms with Crippen molar-refractivity contribution in [3.63, 3.8) is 0 Å². The third kappa shape index (κ3) is 1.81. The first-order valence-electron chi connectivity index (χ1n) is 5.64. The van der Waals surface area contributed by atoms with Gasteiger partial charge >= 0.3 is 0 Å². The van der Waals surface area contributed by atoms with Gasteiger partial charge in [-0.15, -0.1) is 5.10 Å². The van der Waals surface area contributed by atoms with E-state index >= 15 is 0 Å². The van der Waals surface area contributed by atoms with Gasteiger partial charge in [-0.25, -0.2) is 4.68 Å². The highest BCUT2D eigenvalue weighted by molar-refractivity contribution is 9.10. The maximum atomic E-state index is 10.4. The molecule has 0 bridgehead atoms. The zero-order valence-corrected chi connectivity index (χ0v) is 11.3. The second-order valence-corrected chi connectivity index (χ2v) is 5.05. The first-order valence-corrected chi connectivity index (χ1v) is 6.44. The molecule has 0 spiro atoms. The number of rotatable bonds is 2. The number of hydrogen-bond donors (Lipinski definition) is 1. The van der Waals surface area contributed by atoms with Gasteiger partial charge in [-0.05, 0) is 27.6 Å². The fourth-order valence-corrected chi connectivity index (χ4v) is 2.78. The van der Waals surface area contributed by atoms with Crippen LogP contribution in [-0.2, 0) is 13.5 Å². The number of para-hydroxylation sites is 1. The molecular formula is C12H12BrN3O2. The fraction of sp³-hybridized carbons (Fsp3) is 0.333. The van der Waals surface area contributed by atoms with Gasteiger partial charge in [-0.3, -0.25) is 0 Å². The number of halogens is 1. The van der Waals surface area contributed by atoms with Gasteiger partial charge < -0.3 is 9.84 Å². The van der Waals surface area contributed by atoms with Crippen molar-refractivity contribution in [1.29, 1.82) is 0 Å². The summed E-state index contributed by atoms with van der Waals surface area (Å²) in [4.78, 5) is 0. The summed E-state index contributed by atoms with van der Waals surface area (Å²) >= 11 is 3.29. The van der Waals surface area contributed by atoms with Crippen molar-refractivity contribution in [3.05, 3.63) is 40.1 Å². The zero-order valence-electron chi connectivity index (χ0n) is 9.75. The average molecular weight is 310 g/mol. The number of hydrogen-bond acceptors (Lipinski definition) is 4. The molecule has 18 heavy (non-hydrogen) atoms. The maximum Gasteiger partial charge on any atom is 0.154 e. The van der Waals surface area contributed by atoms with Crippen LogP contribution in [-0.4, -0.2) is 26.2 Å². The van der Waals surface area contributed by atoms with E-state index in [-0.39, 0.29) is 6.10 Å². The van der Waals surface area contributed by atoms with Gasteiger partial charge in [-0.1, -0.05) is 23.4 Å². The number of ether oxygens (including phenoxy) is 1. The Balaban J connectivity index is 1.87. The van der Waals surface area contributed by atoms with Crippen molar-refractivity contribution in [2.24, 2.45) is 7.05 Å². The molecule has 1 aromatic heterocycles. The lowest BCUT2D eigenvalue weighted by Gasteiger charge is -2.18.